The van der Waals surface area contributed by atoms with Gasteiger partial charge < -0.3 is 18.9 Å². The highest BCUT2D eigenvalue weighted by atomic mass is 35.5. The van der Waals surface area contributed by atoms with E-state index in [-0.39, 0.29) is 17.7 Å². The second-order valence-electron chi connectivity index (χ2n) is 6.57. The molecule has 2 aliphatic heterocycles. The summed E-state index contributed by atoms with van der Waals surface area (Å²) in [5.41, 5.74) is 0.739. The predicted molar refractivity (Wildman–Crippen MR) is 95.2 cm³/mol. The lowest BCUT2D eigenvalue weighted by Gasteiger charge is -2.42. The van der Waals surface area contributed by atoms with Gasteiger partial charge in [0.15, 0.2) is 0 Å². The van der Waals surface area contributed by atoms with E-state index in [1.54, 1.807) is 4.90 Å². The summed E-state index contributed by atoms with van der Waals surface area (Å²) in [6.07, 6.45) is 5.38. The molecule has 5 nitrogen and oxygen atoms in total. The maximum absolute atomic E-state index is 12.0. The van der Waals surface area contributed by atoms with E-state index in [1.165, 1.54) is 0 Å². The van der Waals surface area contributed by atoms with E-state index >= 15 is 0 Å². The average Bonchev–Trinajstić information content (AvgIpc) is 3.21. The second kappa shape index (κ2) is 6.30. The smallest absolute Gasteiger partial charge is 0.409 e. The van der Waals surface area contributed by atoms with Gasteiger partial charge >= 0.3 is 6.09 Å². The molecule has 1 amide bonds. The van der Waals surface area contributed by atoms with Gasteiger partial charge in [0.2, 0.25) is 0 Å². The van der Waals surface area contributed by atoms with Crippen LogP contribution in [-0.2, 0) is 4.74 Å². The van der Waals surface area contributed by atoms with Crippen molar-refractivity contribution in [2.45, 2.75) is 31.4 Å². The molecule has 1 saturated heterocycles. The molecule has 0 radical (unpaired) electrons. The molecule has 0 aliphatic carbocycles. The SMILES string of the molecule is CCOC(=O)N1CCC2(CC1)Oc1ccc(Cl)cc1C2n1cccc1. The number of nitrogens with zero attached hydrogens (tertiary/aromatic N) is 2. The van der Waals surface area contributed by atoms with Gasteiger partial charge in [-0.1, -0.05) is 11.6 Å². The monoisotopic (exact) mass is 360 g/mol. The second-order valence-corrected chi connectivity index (χ2v) is 7.00. The summed E-state index contributed by atoms with van der Waals surface area (Å²) >= 11 is 6.24. The van der Waals surface area contributed by atoms with Crippen LogP contribution in [0.3, 0.4) is 0 Å². The van der Waals surface area contributed by atoms with Crippen molar-refractivity contribution in [3.63, 3.8) is 0 Å². The van der Waals surface area contributed by atoms with E-state index < -0.39 is 0 Å². The van der Waals surface area contributed by atoms with Crippen LogP contribution in [-0.4, -0.2) is 40.9 Å². The lowest BCUT2D eigenvalue weighted by atomic mass is 9.82. The molecular weight excluding hydrogens is 340 g/mol. The molecule has 1 atom stereocenters. The van der Waals surface area contributed by atoms with Crippen LogP contribution in [0.25, 0.3) is 0 Å². The van der Waals surface area contributed by atoms with Crippen LogP contribution in [0, 0.1) is 0 Å². The maximum Gasteiger partial charge on any atom is 0.409 e. The first kappa shape index (κ1) is 16.3. The summed E-state index contributed by atoms with van der Waals surface area (Å²) < 4.78 is 13.8. The molecule has 1 spiro atoms. The molecule has 25 heavy (non-hydrogen) atoms. The topological polar surface area (TPSA) is 43.7 Å². The average molecular weight is 361 g/mol. The fourth-order valence-corrected chi connectivity index (χ4v) is 4.17. The van der Waals surface area contributed by atoms with Crippen LogP contribution in [0.15, 0.2) is 42.7 Å². The van der Waals surface area contributed by atoms with Crippen molar-refractivity contribution in [3.05, 3.63) is 53.3 Å². The van der Waals surface area contributed by atoms with Gasteiger partial charge in [-0.25, -0.2) is 4.79 Å². The minimum Gasteiger partial charge on any atom is -0.484 e. The third kappa shape index (κ3) is 2.76. The molecule has 0 bridgehead atoms. The van der Waals surface area contributed by atoms with E-state index in [9.17, 15) is 4.79 Å². The highest BCUT2D eigenvalue weighted by Crippen LogP contribution is 2.51. The molecule has 132 valence electrons. The third-order valence-corrected chi connectivity index (χ3v) is 5.37. The predicted octanol–water partition coefficient (Wildman–Crippen LogP) is 4.11. The van der Waals surface area contributed by atoms with Gasteiger partial charge in [0.1, 0.15) is 17.4 Å². The number of ether oxygens (including phenoxy) is 2. The Hall–Kier alpha value is -2.14. The van der Waals surface area contributed by atoms with Gasteiger partial charge in [-0.3, -0.25) is 0 Å². The van der Waals surface area contributed by atoms with E-state index in [1.807, 2.05) is 37.3 Å². The molecule has 6 heteroatoms. The molecule has 1 aromatic heterocycles. The van der Waals surface area contributed by atoms with Crippen LogP contribution in [0.4, 0.5) is 4.79 Å². The lowest BCUT2D eigenvalue weighted by molar-refractivity contribution is -0.00695. The highest BCUT2D eigenvalue weighted by molar-refractivity contribution is 6.30. The summed E-state index contributed by atoms with van der Waals surface area (Å²) in [6, 6.07) is 9.89. The Morgan fingerprint density at radius 1 is 1.32 bits per heavy atom. The van der Waals surface area contributed by atoms with Crippen molar-refractivity contribution in [3.8, 4) is 5.75 Å². The number of fused-ring (bicyclic) bond motifs is 1. The number of aromatic nitrogens is 1. The number of carbonyl (C=O) groups excluding carboxylic acids is 1. The molecular formula is C19H21ClN2O3. The molecule has 3 heterocycles. The molecule has 0 saturated carbocycles. The number of carbonyl (C=O) groups is 1. The van der Waals surface area contributed by atoms with Gasteiger partial charge in [0, 0.05) is 48.9 Å². The van der Waals surface area contributed by atoms with Crippen molar-refractivity contribution < 1.29 is 14.3 Å². The zero-order valence-electron chi connectivity index (χ0n) is 14.2. The van der Waals surface area contributed by atoms with Crippen molar-refractivity contribution in [1.29, 1.82) is 0 Å². The minimum absolute atomic E-state index is 0.0561. The summed E-state index contributed by atoms with van der Waals surface area (Å²) in [6.45, 7) is 3.47. The van der Waals surface area contributed by atoms with Crippen molar-refractivity contribution in [1.82, 2.24) is 9.47 Å². The molecule has 1 aromatic carbocycles. The van der Waals surface area contributed by atoms with Crippen LogP contribution in [0.2, 0.25) is 5.02 Å². The van der Waals surface area contributed by atoms with E-state index in [0.29, 0.717) is 24.7 Å². The van der Waals surface area contributed by atoms with Gasteiger partial charge in [-0.2, -0.15) is 0 Å². The lowest BCUT2D eigenvalue weighted by Crippen LogP contribution is -2.52. The zero-order chi connectivity index (χ0) is 17.4. The molecule has 1 unspecified atom stereocenters. The van der Waals surface area contributed by atoms with Gasteiger partial charge in [-0.05, 0) is 37.3 Å². The third-order valence-electron chi connectivity index (χ3n) is 5.14. The number of rotatable bonds is 2. The number of piperidine rings is 1. The fraction of sp³-hybridized carbons (Fsp3) is 0.421. The summed E-state index contributed by atoms with van der Waals surface area (Å²) in [7, 11) is 0. The number of halogens is 1. The summed E-state index contributed by atoms with van der Waals surface area (Å²) in [5.74, 6) is 0.882. The quantitative estimate of drug-likeness (QED) is 0.809. The Morgan fingerprint density at radius 2 is 2.04 bits per heavy atom. The standard InChI is InChI=1S/C19H21ClN2O3/c1-2-24-18(23)22-11-7-19(8-12-22)17(21-9-3-4-10-21)15-13-14(20)5-6-16(15)25-19/h3-6,9-10,13,17H,2,7-8,11-12H2,1H3. The Balaban J connectivity index is 1.65. The van der Waals surface area contributed by atoms with Crippen molar-refractivity contribution in [2.24, 2.45) is 0 Å². The Labute approximate surface area is 152 Å². The largest absolute Gasteiger partial charge is 0.484 e. The fourth-order valence-electron chi connectivity index (χ4n) is 3.99. The summed E-state index contributed by atoms with van der Waals surface area (Å²) in [5, 5.41) is 0.709. The van der Waals surface area contributed by atoms with Crippen LogP contribution < -0.4 is 4.74 Å². The number of likely N-dealkylation sites (tertiary alicyclic amines) is 1. The first-order chi connectivity index (χ1) is 12.1. The molecule has 1 fully saturated rings. The van der Waals surface area contributed by atoms with Gasteiger partial charge in [0.25, 0.3) is 0 Å². The van der Waals surface area contributed by atoms with Crippen molar-refractivity contribution >= 4 is 17.7 Å². The molecule has 0 N–H and O–H groups in total. The van der Waals surface area contributed by atoms with E-state index in [4.69, 9.17) is 21.1 Å². The first-order valence-corrected chi connectivity index (χ1v) is 9.03. The first-order valence-electron chi connectivity index (χ1n) is 8.65. The highest BCUT2D eigenvalue weighted by Gasteiger charge is 2.51. The number of amides is 1. The van der Waals surface area contributed by atoms with Gasteiger partial charge in [0.05, 0.1) is 6.61 Å². The van der Waals surface area contributed by atoms with Crippen molar-refractivity contribution in [2.75, 3.05) is 19.7 Å². The van der Waals surface area contributed by atoms with E-state index in [0.717, 1.165) is 24.2 Å². The maximum atomic E-state index is 12.0. The van der Waals surface area contributed by atoms with Crippen LogP contribution in [0.5, 0.6) is 5.75 Å². The molecule has 4 rings (SSSR count). The molecule has 2 aromatic rings. The summed E-state index contributed by atoms with van der Waals surface area (Å²) in [4.78, 5) is 13.8. The Bertz CT molecular complexity index is 767. The van der Waals surface area contributed by atoms with Gasteiger partial charge in [-0.15, -0.1) is 0 Å². The number of hydrogen-bond donors (Lipinski definition) is 0. The van der Waals surface area contributed by atoms with Crippen LogP contribution >= 0.6 is 11.6 Å². The number of hydrogen-bond acceptors (Lipinski definition) is 3. The van der Waals surface area contributed by atoms with E-state index in [2.05, 4.69) is 17.0 Å². The van der Waals surface area contributed by atoms with Crippen LogP contribution in [0.1, 0.15) is 31.4 Å². The molecule has 2 aliphatic rings. The Morgan fingerprint density at radius 3 is 2.72 bits per heavy atom. The number of benzene rings is 1. The minimum atomic E-state index is -0.366. The normalized spacial score (nSPS) is 21.0. The Kier molecular flexibility index (Phi) is 4.12. The zero-order valence-corrected chi connectivity index (χ0v) is 14.9.